The molecule has 0 heterocycles. The molecule has 0 unspecified atom stereocenters. The third kappa shape index (κ3) is 3.42. The van der Waals surface area contributed by atoms with Gasteiger partial charge < -0.3 is 4.74 Å². The molecule has 0 saturated carbocycles. The van der Waals surface area contributed by atoms with Crippen molar-refractivity contribution >= 4 is 17.5 Å². The van der Waals surface area contributed by atoms with Crippen LogP contribution in [0.4, 0.5) is 0 Å². The highest BCUT2D eigenvalue weighted by Crippen LogP contribution is 2.15. The van der Waals surface area contributed by atoms with Gasteiger partial charge in [-0.15, -0.1) is 0 Å². The van der Waals surface area contributed by atoms with E-state index >= 15 is 0 Å². The Kier molecular flexibility index (Phi) is 5.12. The van der Waals surface area contributed by atoms with Gasteiger partial charge in [-0.1, -0.05) is 6.58 Å². The second-order valence-electron chi connectivity index (χ2n) is 3.32. The monoisotopic (exact) mass is 236 g/mol. The van der Waals surface area contributed by atoms with Crippen molar-refractivity contribution in [2.45, 2.75) is 6.92 Å². The first-order chi connectivity index (χ1) is 7.69. The smallest absolute Gasteiger partial charge is 0.189 e. The number of thioether (sulfide) groups is 1. The predicted molar refractivity (Wildman–Crippen MR) is 69.5 cm³/mol. The van der Waals surface area contributed by atoms with Crippen molar-refractivity contribution in [2.75, 3.05) is 18.6 Å². The lowest BCUT2D eigenvalue weighted by Gasteiger charge is -2.05. The van der Waals surface area contributed by atoms with Gasteiger partial charge in [-0.05, 0) is 37.4 Å². The highest BCUT2D eigenvalue weighted by Gasteiger charge is 2.09. The maximum atomic E-state index is 11.9. The zero-order chi connectivity index (χ0) is 12.0. The number of Topliss-reactive ketones (excluding diaryl/α,β-unsaturated/α-hetero) is 1. The van der Waals surface area contributed by atoms with Gasteiger partial charge in [-0.2, -0.15) is 11.8 Å². The summed E-state index contributed by atoms with van der Waals surface area (Å²) in [4.78, 5) is 11.9. The molecule has 2 nitrogen and oxygen atoms in total. The fourth-order valence-electron chi connectivity index (χ4n) is 1.31. The summed E-state index contributed by atoms with van der Waals surface area (Å²) < 4.78 is 5.31. The summed E-state index contributed by atoms with van der Waals surface area (Å²) in [7, 11) is 0. The van der Waals surface area contributed by atoms with E-state index < -0.39 is 0 Å². The molecule has 1 aromatic carbocycles. The molecule has 0 fully saturated rings. The van der Waals surface area contributed by atoms with Gasteiger partial charge in [0.05, 0.1) is 6.61 Å². The fourth-order valence-corrected chi connectivity index (χ4v) is 1.79. The molecule has 86 valence electrons. The van der Waals surface area contributed by atoms with Crippen LogP contribution in [0.3, 0.4) is 0 Å². The van der Waals surface area contributed by atoms with Crippen molar-refractivity contribution < 1.29 is 9.53 Å². The average Bonchev–Trinajstić information content (AvgIpc) is 2.30. The molecule has 0 aliphatic carbocycles. The number of hydrogen-bond donors (Lipinski definition) is 0. The Bertz CT molecular complexity index is 368. The highest BCUT2D eigenvalue weighted by molar-refractivity contribution is 7.98. The Labute approximate surface area is 101 Å². The Morgan fingerprint density at radius 1 is 1.38 bits per heavy atom. The summed E-state index contributed by atoms with van der Waals surface area (Å²) in [5.74, 6) is 1.47. The molecule has 0 aliphatic rings. The third-order valence-electron chi connectivity index (χ3n) is 2.07. The number of carbonyl (C=O) groups excluding carboxylic acids is 1. The van der Waals surface area contributed by atoms with Crippen LogP contribution in [0.15, 0.2) is 36.4 Å². The SMILES string of the molecule is C=C(CSC)C(=O)c1ccc(OCC)cc1. The molecule has 0 bridgehead atoms. The van der Waals surface area contributed by atoms with Crippen molar-refractivity contribution in [3.63, 3.8) is 0 Å². The molecule has 0 aliphatic heterocycles. The van der Waals surface area contributed by atoms with Gasteiger partial charge in [-0.3, -0.25) is 4.79 Å². The van der Waals surface area contributed by atoms with Gasteiger partial charge in [-0.25, -0.2) is 0 Å². The summed E-state index contributed by atoms with van der Waals surface area (Å²) in [6, 6.07) is 7.17. The summed E-state index contributed by atoms with van der Waals surface area (Å²) in [5.41, 5.74) is 1.30. The number of ether oxygens (including phenoxy) is 1. The molecule has 0 radical (unpaired) electrons. The minimum atomic E-state index is 0.0115. The quantitative estimate of drug-likeness (QED) is 0.560. The van der Waals surface area contributed by atoms with Crippen molar-refractivity contribution in [3.8, 4) is 5.75 Å². The topological polar surface area (TPSA) is 26.3 Å². The number of ketones is 1. The Morgan fingerprint density at radius 3 is 2.50 bits per heavy atom. The lowest BCUT2D eigenvalue weighted by molar-refractivity contribution is 0.103. The van der Waals surface area contributed by atoms with Gasteiger partial charge in [0.1, 0.15) is 5.75 Å². The first-order valence-corrected chi connectivity index (χ1v) is 6.52. The lowest BCUT2D eigenvalue weighted by atomic mass is 10.1. The Hall–Kier alpha value is -1.22. The molecular formula is C13H16O2S. The van der Waals surface area contributed by atoms with Gasteiger partial charge in [0.2, 0.25) is 0 Å². The van der Waals surface area contributed by atoms with Crippen molar-refractivity contribution in [3.05, 3.63) is 42.0 Å². The van der Waals surface area contributed by atoms with Crippen LogP contribution in [0.25, 0.3) is 0 Å². The van der Waals surface area contributed by atoms with Crippen LogP contribution in [-0.4, -0.2) is 24.4 Å². The second-order valence-corrected chi connectivity index (χ2v) is 4.19. The lowest BCUT2D eigenvalue weighted by Crippen LogP contribution is -2.04. The molecule has 0 N–H and O–H groups in total. The van der Waals surface area contributed by atoms with E-state index in [9.17, 15) is 4.79 Å². The zero-order valence-electron chi connectivity index (χ0n) is 9.66. The molecular weight excluding hydrogens is 220 g/mol. The van der Waals surface area contributed by atoms with Crippen LogP contribution in [0, 0.1) is 0 Å². The van der Waals surface area contributed by atoms with E-state index in [4.69, 9.17) is 4.74 Å². The normalized spacial score (nSPS) is 9.88. The van der Waals surface area contributed by atoms with E-state index in [1.54, 1.807) is 23.9 Å². The van der Waals surface area contributed by atoms with Crippen molar-refractivity contribution in [1.29, 1.82) is 0 Å². The zero-order valence-corrected chi connectivity index (χ0v) is 10.5. The first kappa shape index (κ1) is 12.8. The molecule has 0 amide bonds. The molecule has 0 spiro atoms. The van der Waals surface area contributed by atoms with E-state index in [1.807, 2.05) is 25.3 Å². The minimum absolute atomic E-state index is 0.0115. The molecule has 0 aromatic heterocycles. The number of rotatable bonds is 6. The third-order valence-corrected chi connectivity index (χ3v) is 2.70. The van der Waals surface area contributed by atoms with Crippen LogP contribution >= 0.6 is 11.8 Å². The largest absolute Gasteiger partial charge is 0.494 e. The summed E-state index contributed by atoms with van der Waals surface area (Å²) in [5, 5.41) is 0. The predicted octanol–water partition coefficient (Wildman–Crippen LogP) is 3.19. The maximum absolute atomic E-state index is 11.9. The Morgan fingerprint density at radius 2 is 2.00 bits per heavy atom. The van der Waals surface area contributed by atoms with Crippen LogP contribution < -0.4 is 4.74 Å². The molecule has 16 heavy (non-hydrogen) atoms. The molecule has 1 rings (SSSR count). The molecule has 3 heteroatoms. The van der Waals surface area contributed by atoms with E-state index in [-0.39, 0.29) is 5.78 Å². The van der Waals surface area contributed by atoms with E-state index in [1.165, 1.54) is 0 Å². The summed E-state index contributed by atoms with van der Waals surface area (Å²) >= 11 is 1.60. The van der Waals surface area contributed by atoms with Gasteiger partial charge in [0, 0.05) is 16.9 Å². The first-order valence-electron chi connectivity index (χ1n) is 5.13. The molecule has 0 saturated heterocycles. The average molecular weight is 236 g/mol. The molecule has 0 atom stereocenters. The minimum Gasteiger partial charge on any atom is -0.494 e. The highest BCUT2D eigenvalue weighted by atomic mass is 32.2. The van der Waals surface area contributed by atoms with Crippen molar-refractivity contribution in [2.24, 2.45) is 0 Å². The number of hydrogen-bond acceptors (Lipinski definition) is 3. The second kappa shape index (κ2) is 6.38. The fraction of sp³-hybridized carbons (Fsp3) is 0.308. The van der Waals surface area contributed by atoms with E-state index in [0.29, 0.717) is 23.5 Å². The van der Waals surface area contributed by atoms with Gasteiger partial charge in [0.15, 0.2) is 5.78 Å². The standard InChI is InChI=1S/C13H16O2S/c1-4-15-12-7-5-11(6-8-12)13(14)10(2)9-16-3/h5-8H,2,4,9H2,1,3H3. The van der Waals surface area contributed by atoms with Crippen LogP contribution in [0.5, 0.6) is 5.75 Å². The maximum Gasteiger partial charge on any atom is 0.189 e. The Balaban J connectivity index is 2.73. The van der Waals surface area contributed by atoms with Crippen molar-refractivity contribution in [1.82, 2.24) is 0 Å². The number of benzene rings is 1. The van der Waals surface area contributed by atoms with E-state index in [0.717, 1.165) is 5.75 Å². The summed E-state index contributed by atoms with van der Waals surface area (Å²) in [6.45, 7) is 6.34. The van der Waals surface area contributed by atoms with Crippen LogP contribution in [0.1, 0.15) is 17.3 Å². The van der Waals surface area contributed by atoms with E-state index in [2.05, 4.69) is 6.58 Å². The van der Waals surface area contributed by atoms with Crippen LogP contribution in [-0.2, 0) is 0 Å². The van der Waals surface area contributed by atoms with Crippen LogP contribution in [0.2, 0.25) is 0 Å². The van der Waals surface area contributed by atoms with Gasteiger partial charge in [0.25, 0.3) is 0 Å². The number of carbonyl (C=O) groups is 1. The molecule has 1 aromatic rings. The summed E-state index contributed by atoms with van der Waals surface area (Å²) in [6.07, 6.45) is 1.96. The van der Waals surface area contributed by atoms with Gasteiger partial charge >= 0.3 is 0 Å².